The van der Waals surface area contributed by atoms with Gasteiger partial charge in [-0.05, 0) is 50.2 Å². The zero-order valence-corrected chi connectivity index (χ0v) is 15.4. The Hall–Kier alpha value is -2.17. The minimum atomic E-state index is -0.414. The standard InChI is InChI=1S/C20H27N3O2/c1-5-25-20(24)17-12-19-21-16(10-15-9-7-6-8-14(15)4)11-18(13(2)3)23(19)22-17/h11-12,14-15H,2,5-10H2,1,3-4H3. The number of fused-ring (bicyclic) bond motifs is 1. The maximum absolute atomic E-state index is 12.0. The lowest BCUT2D eigenvalue weighted by Crippen LogP contribution is -2.19. The number of nitrogens with zero attached hydrogens (tertiary/aromatic N) is 3. The quantitative estimate of drug-likeness (QED) is 0.761. The Balaban J connectivity index is 1.97. The first-order valence-electron chi connectivity index (χ1n) is 9.22. The first-order valence-corrected chi connectivity index (χ1v) is 9.22. The summed E-state index contributed by atoms with van der Waals surface area (Å²) in [6.45, 7) is 10.5. The number of allylic oxidation sites excluding steroid dienone is 1. The van der Waals surface area contributed by atoms with Gasteiger partial charge in [0, 0.05) is 11.8 Å². The fourth-order valence-corrected chi connectivity index (χ4v) is 3.70. The highest BCUT2D eigenvalue weighted by molar-refractivity contribution is 5.88. The lowest BCUT2D eigenvalue weighted by Gasteiger charge is -2.28. The molecule has 0 aliphatic heterocycles. The van der Waals surface area contributed by atoms with Crippen molar-refractivity contribution in [3.63, 3.8) is 0 Å². The molecule has 0 spiro atoms. The summed E-state index contributed by atoms with van der Waals surface area (Å²) in [5, 5.41) is 4.37. The second-order valence-corrected chi connectivity index (χ2v) is 7.16. The van der Waals surface area contributed by atoms with Gasteiger partial charge in [-0.25, -0.2) is 14.3 Å². The number of ether oxygens (including phenoxy) is 1. The summed E-state index contributed by atoms with van der Waals surface area (Å²) in [4.78, 5) is 16.8. The highest BCUT2D eigenvalue weighted by Crippen LogP contribution is 2.32. The summed E-state index contributed by atoms with van der Waals surface area (Å²) in [5.74, 6) is 0.997. The van der Waals surface area contributed by atoms with Gasteiger partial charge < -0.3 is 4.74 Å². The van der Waals surface area contributed by atoms with Crippen LogP contribution in [0.5, 0.6) is 0 Å². The number of rotatable bonds is 5. The van der Waals surface area contributed by atoms with Crippen LogP contribution in [-0.2, 0) is 11.2 Å². The predicted octanol–water partition coefficient (Wildman–Crippen LogP) is 4.31. The summed E-state index contributed by atoms with van der Waals surface area (Å²) >= 11 is 0. The Morgan fingerprint density at radius 1 is 1.36 bits per heavy atom. The molecule has 1 fully saturated rings. The van der Waals surface area contributed by atoms with Gasteiger partial charge in [-0.3, -0.25) is 0 Å². The maximum Gasteiger partial charge on any atom is 0.358 e. The topological polar surface area (TPSA) is 56.5 Å². The third-order valence-electron chi connectivity index (χ3n) is 5.16. The summed E-state index contributed by atoms with van der Waals surface area (Å²) in [7, 11) is 0. The second-order valence-electron chi connectivity index (χ2n) is 7.16. The van der Waals surface area contributed by atoms with Crippen LogP contribution in [0.4, 0.5) is 0 Å². The maximum atomic E-state index is 12.0. The average molecular weight is 341 g/mol. The smallest absolute Gasteiger partial charge is 0.358 e. The highest BCUT2D eigenvalue weighted by atomic mass is 16.5. The third-order valence-corrected chi connectivity index (χ3v) is 5.16. The van der Waals surface area contributed by atoms with Crippen molar-refractivity contribution >= 4 is 17.2 Å². The molecule has 3 rings (SSSR count). The van der Waals surface area contributed by atoms with E-state index in [4.69, 9.17) is 9.72 Å². The van der Waals surface area contributed by atoms with Crippen LogP contribution in [0, 0.1) is 11.8 Å². The molecular formula is C20H27N3O2. The van der Waals surface area contributed by atoms with Crippen molar-refractivity contribution in [2.75, 3.05) is 6.61 Å². The predicted molar refractivity (Wildman–Crippen MR) is 98.5 cm³/mol. The number of carbonyl (C=O) groups is 1. The normalized spacial score (nSPS) is 20.6. The Bertz CT molecular complexity index is 794. The zero-order chi connectivity index (χ0) is 18.0. The zero-order valence-electron chi connectivity index (χ0n) is 15.4. The molecule has 0 amide bonds. The Kier molecular flexibility index (Phi) is 5.21. The van der Waals surface area contributed by atoms with Crippen molar-refractivity contribution in [1.29, 1.82) is 0 Å². The second kappa shape index (κ2) is 7.38. The summed E-state index contributed by atoms with van der Waals surface area (Å²) in [6.07, 6.45) is 6.19. The van der Waals surface area contributed by atoms with E-state index in [9.17, 15) is 4.79 Å². The Labute approximate surface area is 149 Å². The van der Waals surface area contributed by atoms with Gasteiger partial charge in [0.1, 0.15) is 0 Å². The van der Waals surface area contributed by atoms with Gasteiger partial charge >= 0.3 is 5.97 Å². The first-order chi connectivity index (χ1) is 12.0. The number of hydrogen-bond donors (Lipinski definition) is 0. The number of esters is 1. The van der Waals surface area contributed by atoms with E-state index in [0.29, 0.717) is 23.9 Å². The minimum Gasteiger partial charge on any atom is -0.461 e. The van der Waals surface area contributed by atoms with Crippen molar-refractivity contribution in [3.8, 4) is 0 Å². The van der Waals surface area contributed by atoms with Gasteiger partial charge in [0.2, 0.25) is 0 Å². The minimum absolute atomic E-state index is 0.292. The highest BCUT2D eigenvalue weighted by Gasteiger charge is 2.23. The van der Waals surface area contributed by atoms with Crippen LogP contribution < -0.4 is 0 Å². The molecule has 2 heterocycles. The molecule has 25 heavy (non-hydrogen) atoms. The van der Waals surface area contributed by atoms with Crippen molar-refractivity contribution in [2.45, 2.75) is 52.9 Å². The lowest BCUT2D eigenvalue weighted by molar-refractivity contribution is 0.0519. The van der Waals surface area contributed by atoms with Gasteiger partial charge in [-0.1, -0.05) is 32.8 Å². The van der Waals surface area contributed by atoms with Gasteiger partial charge in [0.15, 0.2) is 11.3 Å². The summed E-state index contributed by atoms with van der Waals surface area (Å²) in [6, 6.07) is 3.77. The van der Waals surface area contributed by atoms with Gasteiger partial charge in [-0.15, -0.1) is 0 Å². The van der Waals surface area contributed by atoms with Gasteiger partial charge in [-0.2, -0.15) is 5.10 Å². The van der Waals surface area contributed by atoms with E-state index in [1.54, 1.807) is 17.5 Å². The van der Waals surface area contributed by atoms with E-state index in [0.717, 1.165) is 29.3 Å². The average Bonchev–Trinajstić information content (AvgIpc) is 3.00. The SMILES string of the molecule is C=C(C)c1cc(CC2CCCCC2C)nc2cc(C(=O)OCC)nn12. The largest absolute Gasteiger partial charge is 0.461 e. The lowest BCUT2D eigenvalue weighted by atomic mass is 9.78. The summed E-state index contributed by atoms with van der Waals surface area (Å²) in [5.41, 5.74) is 3.84. The molecule has 5 heteroatoms. The molecule has 5 nitrogen and oxygen atoms in total. The van der Waals surface area contributed by atoms with E-state index < -0.39 is 5.97 Å². The van der Waals surface area contributed by atoms with Crippen molar-refractivity contribution < 1.29 is 9.53 Å². The Morgan fingerprint density at radius 3 is 2.80 bits per heavy atom. The van der Waals surface area contributed by atoms with Crippen molar-refractivity contribution in [1.82, 2.24) is 14.6 Å². The van der Waals surface area contributed by atoms with E-state index in [-0.39, 0.29) is 0 Å². The molecule has 0 aromatic carbocycles. The number of aromatic nitrogens is 3. The van der Waals surface area contributed by atoms with E-state index >= 15 is 0 Å². The molecule has 134 valence electrons. The van der Waals surface area contributed by atoms with Crippen LogP contribution in [0.1, 0.15) is 68.3 Å². The van der Waals surface area contributed by atoms with Crippen LogP contribution in [0.2, 0.25) is 0 Å². The van der Waals surface area contributed by atoms with E-state index in [1.807, 2.05) is 6.92 Å². The van der Waals surface area contributed by atoms with E-state index in [1.165, 1.54) is 25.7 Å². The molecule has 1 saturated carbocycles. The fraction of sp³-hybridized carbons (Fsp3) is 0.550. The number of hydrogen-bond acceptors (Lipinski definition) is 4. The Morgan fingerprint density at radius 2 is 2.12 bits per heavy atom. The first kappa shape index (κ1) is 17.6. The number of carbonyl (C=O) groups excluding carboxylic acids is 1. The molecule has 1 aliphatic rings. The van der Waals surface area contributed by atoms with Crippen LogP contribution in [0.3, 0.4) is 0 Å². The van der Waals surface area contributed by atoms with Crippen LogP contribution in [0.15, 0.2) is 18.7 Å². The summed E-state index contributed by atoms with van der Waals surface area (Å²) < 4.78 is 6.76. The fourth-order valence-electron chi connectivity index (χ4n) is 3.70. The van der Waals surface area contributed by atoms with Crippen LogP contribution >= 0.6 is 0 Å². The monoisotopic (exact) mass is 341 g/mol. The molecule has 2 unspecified atom stereocenters. The van der Waals surface area contributed by atoms with Gasteiger partial charge in [0.05, 0.1) is 12.3 Å². The molecule has 0 bridgehead atoms. The van der Waals surface area contributed by atoms with Crippen molar-refractivity contribution in [3.05, 3.63) is 35.8 Å². The van der Waals surface area contributed by atoms with Gasteiger partial charge in [0.25, 0.3) is 0 Å². The molecule has 2 aromatic rings. The molecule has 1 aliphatic carbocycles. The molecule has 2 aromatic heterocycles. The van der Waals surface area contributed by atoms with E-state index in [2.05, 4.69) is 24.7 Å². The molecule has 2 atom stereocenters. The molecule has 0 saturated heterocycles. The van der Waals surface area contributed by atoms with Crippen LogP contribution in [-0.4, -0.2) is 27.2 Å². The molecular weight excluding hydrogens is 314 g/mol. The van der Waals surface area contributed by atoms with Crippen LogP contribution in [0.25, 0.3) is 11.2 Å². The molecule has 0 N–H and O–H groups in total. The van der Waals surface area contributed by atoms with Crippen molar-refractivity contribution in [2.24, 2.45) is 11.8 Å². The molecule has 0 radical (unpaired) electrons. The third kappa shape index (κ3) is 3.75.